The summed E-state index contributed by atoms with van der Waals surface area (Å²) in [5.41, 5.74) is 0.681. The Morgan fingerprint density at radius 1 is 1.33 bits per heavy atom. The molecule has 0 bridgehead atoms. The molecule has 1 amide bonds. The van der Waals surface area contributed by atoms with Crippen molar-refractivity contribution in [3.8, 4) is 5.69 Å². The number of nitrogens with zero attached hydrogens (tertiary/aromatic N) is 2. The molecular weight excluding hydrogens is 306 g/mol. The third-order valence-electron chi connectivity index (χ3n) is 3.79. The molecule has 0 fully saturated rings. The van der Waals surface area contributed by atoms with Gasteiger partial charge in [0, 0.05) is 17.8 Å². The van der Waals surface area contributed by atoms with Gasteiger partial charge in [0.25, 0.3) is 0 Å². The van der Waals surface area contributed by atoms with Crippen molar-refractivity contribution < 1.29 is 14.3 Å². The summed E-state index contributed by atoms with van der Waals surface area (Å²) in [5.74, 6) is -0.833. The summed E-state index contributed by atoms with van der Waals surface area (Å²) < 4.78 is 6.46. The number of carbonyl (C=O) groups is 2. The van der Waals surface area contributed by atoms with E-state index in [2.05, 4.69) is 10.4 Å². The van der Waals surface area contributed by atoms with Crippen LogP contribution in [0.5, 0.6) is 0 Å². The number of amides is 1. The summed E-state index contributed by atoms with van der Waals surface area (Å²) in [6.45, 7) is 3.45. The van der Waals surface area contributed by atoms with Crippen LogP contribution in [0, 0.1) is 0 Å². The number of aromatic nitrogens is 2. The average molecular weight is 327 g/mol. The molecule has 0 saturated heterocycles. The zero-order valence-electron chi connectivity index (χ0n) is 14.0. The Hall–Kier alpha value is -2.89. The molecule has 1 N–H and O–H groups in total. The van der Waals surface area contributed by atoms with Crippen LogP contribution in [-0.4, -0.2) is 34.3 Å². The maximum atomic E-state index is 12.1. The van der Waals surface area contributed by atoms with Crippen LogP contribution in [0.25, 0.3) is 11.8 Å². The van der Waals surface area contributed by atoms with Crippen molar-refractivity contribution in [2.45, 2.75) is 25.8 Å². The number of hydrogen-bond acceptors (Lipinski definition) is 4. The molecule has 2 aromatic rings. The number of nitrogens with one attached hydrogen (secondary N) is 1. The van der Waals surface area contributed by atoms with Gasteiger partial charge in [-0.2, -0.15) is 5.10 Å². The first-order valence-electron chi connectivity index (χ1n) is 7.67. The van der Waals surface area contributed by atoms with E-state index >= 15 is 0 Å². The number of ether oxygens (including phenoxy) is 1. The summed E-state index contributed by atoms with van der Waals surface area (Å²) in [5, 5.41) is 6.93. The molecule has 6 nitrogen and oxygen atoms in total. The maximum Gasteiger partial charge on any atom is 0.331 e. The molecule has 0 aliphatic heterocycles. The predicted molar refractivity (Wildman–Crippen MR) is 91.5 cm³/mol. The van der Waals surface area contributed by atoms with Gasteiger partial charge in [-0.25, -0.2) is 9.48 Å². The van der Waals surface area contributed by atoms with Gasteiger partial charge >= 0.3 is 5.97 Å². The van der Waals surface area contributed by atoms with E-state index in [-0.39, 0.29) is 5.91 Å². The normalized spacial score (nSPS) is 13.5. The fourth-order valence-electron chi connectivity index (χ4n) is 2.14. The highest BCUT2D eigenvalue weighted by molar-refractivity contribution is 5.95. The minimum absolute atomic E-state index is 0.364. The second-order valence-corrected chi connectivity index (χ2v) is 5.55. The van der Waals surface area contributed by atoms with Gasteiger partial charge in [0.15, 0.2) is 0 Å². The molecule has 1 aromatic carbocycles. The molecule has 126 valence electrons. The Kier molecular flexibility index (Phi) is 5.52. The SMILES string of the molecule is CCC(C)(NC(=O)/C=C/c1cnn(-c2ccccc2)c1)C(=O)OC. The van der Waals surface area contributed by atoms with Crippen LogP contribution < -0.4 is 5.32 Å². The average Bonchev–Trinajstić information content (AvgIpc) is 3.09. The zero-order valence-corrected chi connectivity index (χ0v) is 14.0. The molecule has 0 spiro atoms. The lowest BCUT2D eigenvalue weighted by Crippen LogP contribution is -2.51. The van der Waals surface area contributed by atoms with Gasteiger partial charge in [0.1, 0.15) is 5.54 Å². The fourth-order valence-corrected chi connectivity index (χ4v) is 2.14. The van der Waals surface area contributed by atoms with Gasteiger partial charge in [0.05, 0.1) is 19.0 Å². The number of esters is 1. The van der Waals surface area contributed by atoms with Gasteiger partial charge in [-0.15, -0.1) is 0 Å². The van der Waals surface area contributed by atoms with Gasteiger partial charge in [-0.05, 0) is 31.6 Å². The number of methoxy groups -OCH3 is 1. The van der Waals surface area contributed by atoms with Crippen molar-refractivity contribution in [2.75, 3.05) is 7.11 Å². The van der Waals surface area contributed by atoms with Crippen molar-refractivity contribution in [2.24, 2.45) is 0 Å². The van der Waals surface area contributed by atoms with E-state index in [9.17, 15) is 9.59 Å². The lowest BCUT2D eigenvalue weighted by Gasteiger charge is -2.25. The lowest BCUT2D eigenvalue weighted by atomic mass is 9.99. The Balaban J connectivity index is 2.04. The molecule has 6 heteroatoms. The molecule has 0 aliphatic rings. The molecule has 1 unspecified atom stereocenters. The van der Waals surface area contributed by atoms with Crippen molar-refractivity contribution in [3.63, 3.8) is 0 Å². The largest absolute Gasteiger partial charge is 0.467 e. The summed E-state index contributed by atoms with van der Waals surface area (Å²) >= 11 is 0. The molecule has 1 atom stereocenters. The van der Waals surface area contributed by atoms with Crippen molar-refractivity contribution in [3.05, 3.63) is 54.4 Å². The second-order valence-electron chi connectivity index (χ2n) is 5.55. The third kappa shape index (κ3) is 4.10. The molecule has 0 saturated carbocycles. The van der Waals surface area contributed by atoms with E-state index in [1.54, 1.807) is 23.9 Å². The second kappa shape index (κ2) is 7.59. The zero-order chi connectivity index (χ0) is 17.6. The highest BCUT2D eigenvalue weighted by Crippen LogP contribution is 2.12. The summed E-state index contributed by atoms with van der Waals surface area (Å²) in [6, 6.07) is 9.67. The van der Waals surface area contributed by atoms with E-state index < -0.39 is 11.5 Å². The smallest absolute Gasteiger partial charge is 0.331 e. The number of benzene rings is 1. The van der Waals surface area contributed by atoms with Crippen LogP contribution in [-0.2, 0) is 14.3 Å². The highest BCUT2D eigenvalue weighted by atomic mass is 16.5. The van der Waals surface area contributed by atoms with Crippen LogP contribution in [0.1, 0.15) is 25.8 Å². The van der Waals surface area contributed by atoms with Crippen LogP contribution >= 0.6 is 0 Å². The van der Waals surface area contributed by atoms with Crippen LogP contribution in [0.15, 0.2) is 48.8 Å². The van der Waals surface area contributed by atoms with Gasteiger partial charge in [-0.1, -0.05) is 25.1 Å². The minimum Gasteiger partial charge on any atom is -0.467 e. The van der Waals surface area contributed by atoms with Crippen molar-refractivity contribution >= 4 is 18.0 Å². The topological polar surface area (TPSA) is 73.2 Å². The van der Waals surface area contributed by atoms with Gasteiger partial charge < -0.3 is 10.1 Å². The molecule has 1 heterocycles. The first-order chi connectivity index (χ1) is 11.5. The van der Waals surface area contributed by atoms with E-state index in [0.29, 0.717) is 6.42 Å². The van der Waals surface area contributed by atoms with E-state index in [0.717, 1.165) is 11.3 Å². The first-order valence-corrected chi connectivity index (χ1v) is 7.67. The Bertz CT molecular complexity index is 737. The number of para-hydroxylation sites is 1. The highest BCUT2D eigenvalue weighted by Gasteiger charge is 2.33. The lowest BCUT2D eigenvalue weighted by molar-refractivity contribution is -0.149. The quantitative estimate of drug-likeness (QED) is 0.653. The molecule has 2 rings (SSSR count). The Morgan fingerprint density at radius 3 is 2.67 bits per heavy atom. The van der Waals surface area contributed by atoms with Crippen molar-refractivity contribution in [1.29, 1.82) is 0 Å². The Morgan fingerprint density at radius 2 is 2.04 bits per heavy atom. The van der Waals surface area contributed by atoms with E-state index in [4.69, 9.17) is 4.74 Å². The van der Waals surface area contributed by atoms with Crippen LogP contribution in [0.2, 0.25) is 0 Å². The monoisotopic (exact) mass is 327 g/mol. The fraction of sp³-hybridized carbons (Fsp3) is 0.278. The molecule has 0 aliphatic carbocycles. The molecule has 24 heavy (non-hydrogen) atoms. The molecule has 0 radical (unpaired) electrons. The summed E-state index contributed by atoms with van der Waals surface area (Å²) in [4.78, 5) is 23.8. The van der Waals surface area contributed by atoms with E-state index in [1.807, 2.05) is 43.5 Å². The van der Waals surface area contributed by atoms with E-state index in [1.165, 1.54) is 13.2 Å². The Labute approximate surface area is 141 Å². The van der Waals surface area contributed by atoms with Crippen molar-refractivity contribution in [1.82, 2.24) is 15.1 Å². The first kappa shape index (κ1) is 17.5. The number of carbonyl (C=O) groups excluding carboxylic acids is 2. The minimum atomic E-state index is -1.04. The summed E-state index contributed by atoms with van der Waals surface area (Å²) in [6.07, 6.45) is 6.94. The van der Waals surface area contributed by atoms with Crippen LogP contribution in [0.4, 0.5) is 0 Å². The molecule has 1 aromatic heterocycles. The number of hydrogen-bond donors (Lipinski definition) is 1. The van der Waals surface area contributed by atoms with Crippen LogP contribution in [0.3, 0.4) is 0 Å². The predicted octanol–water partition coefficient (Wildman–Crippen LogP) is 2.34. The maximum absolute atomic E-state index is 12.1. The standard InChI is InChI=1S/C18H21N3O3/c1-4-18(2,17(23)24-3)20-16(22)11-10-14-12-19-21(13-14)15-8-6-5-7-9-15/h5-13H,4H2,1-3H3,(H,20,22)/b11-10+. The third-order valence-corrected chi connectivity index (χ3v) is 3.79. The number of rotatable bonds is 6. The summed E-state index contributed by atoms with van der Waals surface area (Å²) in [7, 11) is 1.30. The molecular formula is C18H21N3O3. The van der Waals surface area contributed by atoms with Gasteiger partial charge in [0.2, 0.25) is 5.91 Å². The van der Waals surface area contributed by atoms with Gasteiger partial charge in [-0.3, -0.25) is 4.79 Å².